The van der Waals surface area contributed by atoms with Crippen LogP contribution in [0.15, 0.2) is 17.8 Å². The number of hydrogen-bond acceptors (Lipinski definition) is 3. The topological polar surface area (TPSA) is 46.4 Å². The summed E-state index contributed by atoms with van der Waals surface area (Å²) in [5.74, 6) is 2.57. The van der Waals surface area contributed by atoms with Crippen LogP contribution < -0.4 is 5.32 Å². The largest absolute Gasteiger partial charge is 0.350 e. The van der Waals surface area contributed by atoms with Crippen molar-refractivity contribution < 1.29 is 4.79 Å². The maximum Gasteiger partial charge on any atom is 0.220 e. The van der Waals surface area contributed by atoms with E-state index in [1.54, 1.807) is 11.3 Å². The third-order valence-corrected chi connectivity index (χ3v) is 5.71. The fourth-order valence-corrected chi connectivity index (χ4v) is 4.71. The van der Waals surface area contributed by atoms with Crippen molar-refractivity contribution in [3.8, 4) is 0 Å². The van der Waals surface area contributed by atoms with Gasteiger partial charge in [0.1, 0.15) is 0 Å². The molecular weight excluding hydrogens is 270 g/mol. The number of carbonyl (C=O) groups is 1. The summed E-state index contributed by atoms with van der Waals surface area (Å²) in [6, 6.07) is 0. The van der Waals surface area contributed by atoms with Gasteiger partial charge in [-0.3, -0.25) is 9.20 Å². The Bertz CT molecular complexity index is 603. The summed E-state index contributed by atoms with van der Waals surface area (Å²) < 4.78 is 2.00. The van der Waals surface area contributed by atoms with E-state index in [0.717, 1.165) is 22.5 Å². The molecule has 2 aliphatic carbocycles. The first kappa shape index (κ1) is 12.4. The summed E-state index contributed by atoms with van der Waals surface area (Å²) in [5, 5.41) is 5.04. The van der Waals surface area contributed by atoms with Crippen molar-refractivity contribution in [2.45, 2.75) is 38.6 Å². The van der Waals surface area contributed by atoms with Crippen molar-refractivity contribution in [2.24, 2.45) is 17.8 Å². The fourth-order valence-electron chi connectivity index (χ4n) is 3.99. The number of nitrogens with zero attached hydrogens (tertiary/aromatic N) is 2. The van der Waals surface area contributed by atoms with Crippen molar-refractivity contribution in [3.05, 3.63) is 23.5 Å². The quantitative estimate of drug-likeness (QED) is 0.940. The molecule has 0 aliphatic heterocycles. The third-order valence-electron chi connectivity index (χ3n) is 4.94. The number of aromatic nitrogens is 2. The number of rotatable bonds is 4. The van der Waals surface area contributed by atoms with E-state index in [1.807, 2.05) is 22.2 Å². The molecule has 2 saturated carbocycles. The van der Waals surface area contributed by atoms with Crippen molar-refractivity contribution in [1.82, 2.24) is 14.7 Å². The molecule has 106 valence electrons. The molecule has 0 saturated heterocycles. The Balaban J connectivity index is 1.30. The number of imidazole rings is 1. The van der Waals surface area contributed by atoms with E-state index in [1.165, 1.54) is 25.7 Å². The molecule has 2 heterocycles. The summed E-state index contributed by atoms with van der Waals surface area (Å²) in [6.45, 7) is 0.550. The van der Waals surface area contributed by atoms with Gasteiger partial charge in [-0.1, -0.05) is 6.42 Å². The second kappa shape index (κ2) is 4.88. The number of amides is 1. The maximum atomic E-state index is 12.1. The Morgan fingerprint density at radius 3 is 3.15 bits per heavy atom. The Hall–Kier alpha value is -1.36. The van der Waals surface area contributed by atoms with Crippen LogP contribution in [0.25, 0.3) is 4.96 Å². The van der Waals surface area contributed by atoms with Gasteiger partial charge < -0.3 is 5.32 Å². The monoisotopic (exact) mass is 289 g/mol. The SMILES string of the molecule is O=C(CC1CC2CCC1C2)NCc1cn2ccsc2n1. The van der Waals surface area contributed by atoms with Crippen molar-refractivity contribution >= 4 is 22.2 Å². The van der Waals surface area contributed by atoms with Gasteiger partial charge >= 0.3 is 0 Å². The highest BCUT2D eigenvalue weighted by molar-refractivity contribution is 7.15. The van der Waals surface area contributed by atoms with Gasteiger partial charge in [0, 0.05) is 24.2 Å². The minimum atomic E-state index is 0.193. The van der Waals surface area contributed by atoms with E-state index in [2.05, 4.69) is 10.3 Å². The zero-order valence-electron chi connectivity index (χ0n) is 11.4. The molecule has 0 spiro atoms. The van der Waals surface area contributed by atoms with Gasteiger partial charge in [-0.2, -0.15) is 0 Å². The Morgan fingerprint density at radius 2 is 2.40 bits per heavy atom. The van der Waals surface area contributed by atoms with Crippen LogP contribution in [0.4, 0.5) is 0 Å². The van der Waals surface area contributed by atoms with Crippen LogP contribution in [0.3, 0.4) is 0 Å². The number of hydrogen-bond donors (Lipinski definition) is 1. The Labute approximate surface area is 122 Å². The average molecular weight is 289 g/mol. The van der Waals surface area contributed by atoms with Gasteiger partial charge in [0.25, 0.3) is 0 Å². The van der Waals surface area contributed by atoms with E-state index in [-0.39, 0.29) is 5.91 Å². The van der Waals surface area contributed by atoms with Crippen molar-refractivity contribution in [3.63, 3.8) is 0 Å². The molecule has 2 aromatic heterocycles. The molecule has 0 radical (unpaired) electrons. The lowest BCUT2D eigenvalue weighted by Gasteiger charge is -2.20. The van der Waals surface area contributed by atoms with Gasteiger partial charge in [-0.05, 0) is 37.0 Å². The van der Waals surface area contributed by atoms with Gasteiger partial charge in [0.15, 0.2) is 4.96 Å². The fraction of sp³-hybridized carbons (Fsp3) is 0.600. The van der Waals surface area contributed by atoms with E-state index in [4.69, 9.17) is 0 Å². The summed E-state index contributed by atoms with van der Waals surface area (Å²) in [4.78, 5) is 17.5. The molecule has 2 bridgehead atoms. The first-order chi connectivity index (χ1) is 9.78. The third kappa shape index (κ3) is 2.24. The second-order valence-electron chi connectivity index (χ2n) is 6.24. The van der Waals surface area contributed by atoms with Gasteiger partial charge in [-0.15, -0.1) is 11.3 Å². The molecule has 2 aliphatic rings. The smallest absolute Gasteiger partial charge is 0.220 e. The lowest BCUT2D eigenvalue weighted by molar-refractivity contribution is -0.122. The van der Waals surface area contributed by atoms with Gasteiger partial charge in [0.2, 0.25) is 5.91 Å². The summed E-state index contributed by atoms with van der Waals surface area (Å²) in [6.07, 6.45) is 10.1. The highest BCUT2D eigenvalue weighted by Crippen LogP contribution is 2.49. The molecule has 2 fully saturated rings. The molecule has 3 unspecified atom stereocenters. The van der Waals surface area contributed by atoms with Crippen LogP contribution in [0.1, 0.15) is 37.8 Å². The number of nitrogens with one attached hydrogen (secondary N) is 1. The maximum absolute atomic E-state index is 12.1. The molecule has 4 rings (SSSR count). The second-order valence-corrected chi connectivity index (χ2v) is 7.11. The highest BCUT2D eigenvalue weighted by atomic mass is 32.1. The van der Waals surface area contributed by atoms with Crippen LogP contribution in [0.5, 0.6) is 0 Å². The standard InChI is InChI=1S/C15H19N3OS/c19-14(7-12-6-10-1-2-11(12)5-10)16-8-13-9-18-3-4-20-15(18)17-13/h3-4,9-12H,1-2,5-8H2,(H,16,19). The first-order valence-corrected chi connectivity index (χ1v) is 8.33. The molecule has 0 aromatic carbocycles. The van der Waals surface area contributed by atoms with E-state index in [0.29, 0.717) is 18.9 Å². The Kier molecular flexibility index (Phi) is 3.02. The molecule has 2 aromatic rings. The molecule has 20 heavy (non-hydrogen) atoms. The summed E-state index contributed by atoms with van der Waals surface area (Å²) >= 11 is 1.62. The predicted octanol–water partition coefficient (Wildman–Crippen LogP) is 2.84. The summed E-state index contributed by atoms with van der Waals surface area (Å²) in [7, 11) is 0. The molecule has 4 nitrogen and oxygen atoms in total. The zero-order chi connectivity index (χ0) is 13.5. The van der Waals surface area contributed by atoms with E-state index < -0.39 is 0 Å². The van der Waals surface area contributed by atoms with Gasteiger partial charge in [-0.25, -0.2) is 4.98 Å². The number of carbonyl (C=O) groups excluding carboxylic acids is 1. The van der Waals surface area contributed by atoms with Gasteiger partial charge in [0.05, 0.1) is 12.2 Å². The zero-order valence-corrected chi connectivity index (χ0v) is 12.2. The molecular formula is C15H19N3OS. The molecule has 1 amide bonds. The van der Waals surface area contributed by atoms with Crippen molar-refractivity contribution in [1.29, 1.82) is 0 Å². The summed E-state index contributed by atoms with van der Waals surface area (Å²) in [5.41, 5.74) is 0.943. The number of thiazole rings is 1. The number of fused-ring (bicyclic) bond motifs is 3. The Morgan fingerprint density at radius 1 is 1.45 bits per heavy atom. The van der Waals surface area contributed by atoms with E-state index >= 15 is 0 Å². The highest BCUT2D eigenvalue weighted by Gasteiger charge is 2.39. The normalized spacial score (nSPS) is 28.3. The minimum Gasteiger partial charge on any atom is -0.350 e. The molecule has 5 heteroatoms. The minimum absolute atomic E-state index is 0.193. The van der Waals surface area contributed by atoms with Crippen LogP contribution in [-0.2, 0) is 11.3 Å². The first-order valence-electron chi connectivity index (χ1n) is 7.45. The predicted molar refractivity (Wildman–Crippen MR) is 78.5 cm³/mol. The molecule has 3 atom stereocenters. The van der Waals surface area contributed by atoms with Crippen LogP contribution in [0.2, 0.25) is 0 Å². The van der Waals surface area contributed by atoms with Crippen LogP contribution in [0, 0.1) is 17.8 Å². The average Bonchev–Trinajstić information content (AvgIpc) is 3.15. The lowest BCUT2D eigenvalue weighted by atomic mass is 9.86. The van der Waals surface area contributed by atoms with Crippen LogP contribution >= 0.6 is 11.3 Å². The van der Waals surface area contributed by atoms with E-state index in [9.17, 15) is 4.79 Å². The lowest BCUT2D eigenvalue weighted by Crippen LogP contribution is -2.27. The molecule has 1 N–H and O–H groups in total. The van der Waals surface area contributed by atoms with Crippen LogP contribution in [-0.4, -0.2) is 15.3 Å². The van der Waals surface area contributed by atoms with Crippen molar-refractivity contribution in [2.75, 3.05) is 0 Å².